The lowest BCUT2D eigenvalue weighted by Gasteiger charge is -2.23. The number of fused-ring (bicyclic) bond motifs is 1. The van der Waals surface area contributed by atoms with E-state index in [-0.39, 0.29) is 5.91 Å². The van der Waals surface area contributed by atoms with Gasteiger partial charge in [-0.3, -0.25) is 9.79 Å². The van der Waals surface area contributed by atoms with Crippen molar-refractivity contribution >= 4 is 23.9 Å². The maximum absolute atomic E-state index is 12.8. The molecule has 0 aliphatic carbocycles. The largest absolute Gasteiger partial charge is 0.339 e. The average Bonchev–Trinajstić information content (AvgIpc) is 2.76. The highest BCUT2D eigenvalue weighted by Crippen LogP contribution is 2.25. The van der Waals surface area contributed by atoms with Crippen molar-refractivity contribution in [2.45, 2.75) is 26.2 Å². The summed E-state index contributed by atoms with van der Waals surface area (Å²) in [6.07, 6.45) is 6.38. The Balaban J connectivity index is 2.16. The molecule has 1 aliphatic heterocycles. The van der Waals surface area contributed by atoms with E-state index in [1.54, 1.807) is 0 Å². The molecule has 4 nitrogen and oxygen atoms in total. The summed E-state index contributed by atoms with van der Waals surface area (Å²) in [4.78, 5) is 19.2. The minimum absolute atomic E-state index is 0.140. The van der Waals surface area contributed by atoms with Gasteiger partial charge in [-0.2, -0.15) is 0 Å². The van der Waals surface area contributed by atoms with Crippen molar-refractivity contribution in [1.29, 1.82) is 0 Å². The van der Waals surface area contributed by atoms with Crippen molar-refractivity contribution < 1.29 is 4.79 Å². The number of carbonyl (C=O) groups is 1. The van der Waals surface area contributed by atoms with Gasteiger partial charge in [-0.25, -0.2) is 0 Å². The number of carbonyl (C=O) groups excluding carboxylic acids is 1. The fraction of sp³-hybridized carbons (Fsp3) is 0.444. The highest BCUT2D eigenvalue weighted by atomic mass is 16.2. The van der Waals surface area contributed by atoms with E-state index in [4.69, 9.17) is 0 Å². The fourth-order valence-electron chi connectivity index (χ4n) is 2.60. The molecule has 0 radical (unpaired) electrons. The summed E-state index contributed by atoms with van der Waals surface area (Å²) in [5, 5.41) is 3.13. The third-order valence-corrected chi connectivity index (χ3v) is 3.72. The molecule has 0 unspecified atom stereocenters. The van der Waals surface area contributed by atoms with Crippen molar-refractivity contribution in [3.8, 4) is 0 Å². The highest BCUT2D eigenvalue weighted by molar-refractivity contribution is 6.02. The molecule has 4 heteroatoms. The van der Waals surface area contributed by atoms with Crippen LogP contribution in [0.25, 0.3) is 6.08 Å². The second-order valence-corrected chi connectivity index (χ2v) is 5.49. The number of rotatable bonds is 7. The third-order valence-electron chi connectivity index (χ3n) is 3.72. The molecule has 118 valence electrons. The number of hydrogen-bond acceptors (Lipinski definition) is 3. The maximum Gasteiger partial charge on any atom is 0.250 e. The molecule has 1 heterocycles. The predicted octanol–water partition coefficient (Wildman–Crippen LogP) is 3.02. The lowest BCUT2D eigenvalue weighted by atomic mass is 10.1. The van der Waals surface area contributed by atoms with Crippen LogP contribution in [-0.4, -0.2) is 43.7 Å². The first-order chi connectivity index (χ1) is 10.8. The Bertz CT molecular complexity index is 563. The Kier molecular flexibility index (Phi) is 6.34. The molecule has 0 aromatic heterocycles. The molecule has 0 spiro atoms. The van der Waals surface area contributed by atoms with Gasteiger partial charge >= 0.3 is 0 Å². The van der Waals surface area contributed by atoms with Crippen LogP contribution in [0.4, 0.5) is 5.69 Å². The zero-order valence-corrected chi connectivity index (χ0v) is 13.5. The van der Waals surface area contributed by atoms with E-state index < -0.39 is 0 Å². The first kappa shape index (κ1) is 16.4. The Hall–Kier alpha value is -1.94. The van der Waals surface area contributed by atoms with E-state index in [0.29, 0.717) is 6.42 Å². The van der Waals surface area contributed by atoms with E-state index >= 15 is 0 Å². The van der Waals surface area contributed by atoms with Crippen LogP contribution >= 0.6 is 0 Å². The Morgan fingerprint density at radius 2 is 2.14 bits per heavy atom. The van der Waals surface area contributed by atoms with E-state index in [1.807, 2.05) is 48.5 Å². The van der Waals surface area contributed by atoms with Crippen molar-refractivity contribution in [3.63, 3.8) is 0 Å². The predicted molar refractivity (Wildman–Crippen MR) is 92.6 cm³/mol. The van der Waals surface area contributed by atoms with Crippen LogP contribution in [0.15, 0.2) is 34.8 Å². The molecule has 1 amide bonds. The van der Waals surface area contributed by atoms with Crippen LogP contribution in [0.3, 0.4) is 0 Å². The Morgan fingerprint density at radius 1 is 1.32 bits per heavy atom. The van der Waals surface area contributed by atoms with Gasteiger partial charge in [0.1, 0.15) is 0 Å². The molecule has 1 N–H and O–H groups in total. The summed E-state index contributed by atoms with van der Waals surface area (Å²) in [6, 6.07) is 7.94. The van der Waals surface area contributed by atoms with E-state index in [2.05, 4.69) is 17.2 Å². The molecule has 0 atom stereocenters. The number of aliphatic imine (C=N–C) groups is 1. The lowest BCUT2D eigenvalue weighted by Crippen LogP contribution is -2.35. The first-order valence-electron chi connectivity index (χ1n) is 8.02. The molecule has 1 aliphatic rings. The highest BCUT2D eigenvalue weighted by Gasteiger charge is 2.18. The molecule has 0 bridgehead atoms. The zero-order chi connectivity index (χ0) is 15.8. The molecule has 1 aromatic carbocycles. The number of hydrogen-bond donors (Lipinski definition) is 1. The summed E-state index contributed by atoms with van der Waals surface area (Å²) in [6.45, 7) is 4.63. The molecule has 22 heavy (non-hydrogen) atoms. The van der Waals surface area contributed by atoms with Crippen molar-refractivity contribution in [1.82, 2.24) is 10.2 Å². The van der Waals surface area contributed by atoms with Crippen LogP contribution < -0.4 is 5.32 Å². The van der Waals surface area contributed by atoms with E-state index in [0.717, 1.165) is 49.3 Å². The van der Waals surface area contributed by atoms with Gasteiger partial charge in [0, 0.05) is 36.9 Å². The van der Waals surface area contributed by atoms with Gasteiger partial charge in [-0.1, -0.05) is 25.1 Å². The summed E-state index contributed by atoms with van der Waals surface area (Å²) in [5.74, 6) is 0.140. The number of para-hydroxylation sites is 1. The summed E-state index contributed by atoms with van der Waals surface area (Å²) < 4.78 is 0. The lowest BCUT2D eigenvalue weighted by molar-refractivity contribution is -0.127. The topological polar surface area (TPSA) is 44.7 Å². The van der Waals surface area contributed by atoms with E-state index in [1.165, 1.54) is 0 Å². The quantitative estimate of drug-likeness (QED) is 0.787. The third kappa shape index (κ3) is 4.28. The second-order valence-electron chi connectivity index (χ2n) is 5.49. The molecular formula is C18H25N3O. The van der Waals surface area contributed by atoms with Gasteiger partial charge in [-0.05, 0) is 38.6 Å². The van der Waals surface area contributed by atoms with E-state index in [9.17, 15) is 4.79 Å². The summed E-state index contributed by atoms with van der Waals surface area (Å²) in [5.41, 5.74) is 2.78. The average molecular weight is 299 g/mol. The summed E-state index contributed by atoms with van der Waals surface area (Å²) in [7, 11) is 1.94. The number of benzene rings is 1. The minimum Gasteiger partial charge on any atom is -0.339 e. The Labute approximate surface area is 132 Å². The number of nitrogens with one attached hydrogen (secondary N) is 1. The van der Waals surface area contributed by atoms with Crippen LogP contribution in [0.5, 0.6) is 0 Å². The monoisotopic (exact) mass is 299 g/mol. The Morgan fingerprint density at radius 3 is 2.91 bits per heavy atom. The van der Waals surface area contributed by atoms with Crippen LogP contribution in [0.2, 0.25) is 0 Å². The minimum atomic E-state index is 0.140. The molecule has 0 fully saturated rings. The molecular weight excluding hydrogens is 274 g/mol. The van der Waals surface area contributed by atoms with Crippen molar-refractivity contribution in [2.24, 2.45) is 4.99 Å². The van der Waals surface area contributed by atoms with Crippen LogP contribution in [-0.2, 0) is 4.79 Å². The normalized spacial score (nSPS) is 13.3. The number of amides is 1. The maximum atomic E-state index is 12.8. The van der Waals surface area contributed by atoms with Crippen molar-refractivity contribution in [2.75, 3.05) is 26.7 Å². The molecule has 2 rings (SSSR count). The van der Waals surface area contributed by atoms with Gasteiger partial charge in [0.25, 0.3) is 0 Å². The standard InChI is InChI=1S/C18H25N3O/c1-3-12-21(13-6-10-19-2)18(22)16-9-11-20-17-8-5-4-7-15(17)14-16/h4-5,7-8,11,14,19H,3,6,9-10,12-13H2,1-2H3. The summed E-state index contributed by atoms with van der Waals surface area (Å²) >= 11 is 0. The van der Waals surface area contributed by atoms with Gasteiger partial charge < -0.3 is 10.2 Å². The first-order valence-corrected chi connectivity index (χ1v) is 8.02. The van der Waals surface area contributed by atoms with Gasteiger partial charge in [-0.15, -0.1) is 0 Å². The molecule has 0 saturated heterocycles. The van der Waals surface area contributed by atoms with Gasteiger partial charge in [0.05, 0.1) is 5.69 Å². The smallest absolute Gasteiger partial charge is 0.250 e. The molecule has 0 saturated carbocycles. The second kappa shape index (κ2) is 8.49. The number of nitrogens with zero attached hydrogens (tertiary/aromatic N) is 2. The zero-order valence-electron chi connectivity index (χ0n) is 13.5. The van der Waals surface area contributed by atoms with Gasteiger partial charge in [0.2, 0.25) is 5.91 Å². The fourth-order valence-corrected chi connectivity index (χ4v) is 2.60. The van der Waals surface area contributed by atoms with Crippen LogP contribution in [0, 0.1) is 0 Å². The molecule has 1 aromatic rings. The van der Waals surface area contributed by atoms with Gasteiger partial charge in [0.15, 0.2) is 0 Å². The van der Waals surface area contributed by atoms with Crippen molar-refractivity contribution in [3.05, 3.63) is 35.4 Å². The SMILES string of the molecule is CCCN(CCCNC)C(=O)C1=Cc2ccccc2N=CC1. The van der Waals surface area contributed by atoms with Crippen LogP contribution in [0.1, 0.15) is 31.7 Å².